The average molecular weight is 348 g/mol. The molecule has 0 radical (unpaired) electrons. The van der Waals surface area contributed by atoms with E-state index < -0.39 is 54.6 Å². The van der Waals surface area contributed by atoms with Crippen LogP contribution in [-0.2, 0) is 42.9 Å². The topological polar surface area (TPSA) is 135 Å². The largest absolute Gasteiger partial charge is 0.463 e. The van der Waals surface area contributed by atoms with Crippen molar-refractivity contribution in [2.75, 3.05) is 6.61 Å². The molecule has 1 aliphatic heterocycles. The van der Waals surface area contributed by atoms with Crippen molar-refractivity contribution in [1.82, 2.24) is 0 Å². The number of esters is 4. The average Bonchev–Trinajstić information content (AvgIpc) is 2.42. The Labute approximate surface area is 137 Å². The van der Waals surface area contributed by atoms with Gasteiger partial charge in [-0.15, -0.1) is 0 Å². The van der Waals surface area contributed by atoms with E-state index in [1.807, 2.05) is 0 Å². The number of ether oxygens (including phenoxy) is 5. The van der Waals surface area contributed by atoms with Gasteiger partial charge in [0.15, 0.2) is 24.6 Å². The van der Waals surface area contributed by atoms with Gasteiger partial charge in [0.25, 0.3) is 0 Å². The second kappa shape index (κ2) is 8.60. The zero-order valence-corrected chi connectivity index (χ0v) is 13.7. The Hall–Kier alpha value is -2.20. The van der Waals surface area contributed by atoms with Crippen LogP contribution < -0.4 is 0 Å². The van der Waals surface area contributed by atoms with Crippen molar-refractivity contribution in [2.45, 2.75) is 58.4 Å². The predicted molar refractivity (Wildman–Crippen MR) is 74.2 cm³/mol. The molecule has 0 bridgehead atoms. The Morgan fingerprint density at radius 1 is 0.792 bits per heavy atom. The van der Waals surface area contributed by atoms with Crippen LogP contribution in [0.1, 0.15) is 27.7 Å². The first-order valence-corrected chi connectivity index (χ1v) is 7.10. The van der Waals surface area contributed by atoms with E-state index in [0.717, 1.165) is 27.7 Å². The molecule has 0 aromatic heterocycles. The van der Waals surface area contributed by atoms with Crippen LogP contribution in [0, 0.1) is 0 Å². The highest BCUT2D eigenvalue weighted by Crippen LogP contribution is 2.28. The molecule has 1 fully saturated rings. The monoisotopic (exact) mass is 348 g/mol. The summed E-state index contributed by atoms with van der Waals surface area (Å²) in [4.78, 5) is 44.9. The summed E-state index contributed by atoms with van der Waals surface area (Å²) < 4.78 is 25.0. The Balaban J connectivity index is 3.11. The number of hydrogen-bond donors (Lipinski definition) is 1. The Bertz CT molecular complexity index is 502. The molecule has 0 aliphatic carbocycles. The van der Waals surface area contributed by atoms with Gasteiger partial charge in [0.05, 0.1) is 0 Å². The third-order valence-electron chi connectivity index (χ3n) is 2.97. The second-order valence-electron chi connectivity index (χ2n) is 5.09. The number of aliphatic hydroxyl groups excluding tert-OH is 1. The van der Waals surface area contributed by atoms with Crippen molar-refractivity contribution >= 4 is 23.9 Å². The molecular weight excluding hydrogens is 328 g/mol. The summed E-state index contributed by atoms with van der Waals surface area (Å²) in [5, 5.41) is 10.0. The fourth-order valence-electron chi connectivity index (χ4n) is 2.21. The van der Waals surface area contributed by atoms with Crippen molar-refractivity contribution < 1.29 is 48.0 Å². The van der Waals surface area contributed by atoms with Crippen LogP contribution in [0.4, 0.5) is 0 Å². The van der Waals surface area contributed by atoms with Gasteiger partial charge in [0, 0.05) is 27.7 Å². The molecule has 0 saturated carbocycles. The first-order valence-electron chi connectivity index (χ1n) is 7.10. The van der Waals surface area contributed by atoms with E-state index in [1.54, 1.807) is 0 Å². The van der Waals surface area contributed by atoms with Crippen LogP contribution >= 0.6 is 0 Å². The number of rotatable bonds is 5. The zero-order valence-electron chi connectivity index (χ0n) is 13.7. The van der Waals surface area contributed by atoms with E-state index in [1.165, 1.54) is 0 Å². The van der Waals surface area contributed by atoms with Gasteiger partial charge in [0.2, 0.25) is 0 Å². The van der Waals surface area contributed by atoms with E-state index >= 15 is 0 Å². The lowest BCUT2D eigenvalue weighted by Gasteiger charge is -2.42. The van der Waals surface area contributed by atoms with Crippen LogP contribution in [0.3, 0.4) is 0 Å². The molecule has 2 unspecified atom stereocenters. The molecule has 10 heteroatoms. The lowest BCUT2D eigenvalue weighted by Crippen LogP contribution is -2.62. The molecule has 0 aromatic rings. The molecule has 1 heterocycles. The normalized spacial score (nSPS) is 29.3. The molecular formula is C14H20O10. The predicted octanol–water partition coefficient (Wildman–Crippen LogP) is -0.938. The maximum Gasteiger partial charge on any atom is 0.303 e. The highest BCUT2D eigenvalue weighted by molar-refractivity contribution is 5.68. The van der Waals surface area contributed by atoms with Crippen molar-refractivity contribution in [1.29, 1.82) is 0 Å². The zero-order chi connectivity index (χ0) is 18.4. The summed E-state index contributed by atoms with van der Waals surface area (Å²) in [7, 11) is 0. The molecule has 0 spiro atoms. The molecule has 1 N–H and O–H groups in total. The molecule has 1 aliphatic rings. The van der Waals surface area contributed by atoms with Crippen molar-refractivity contribution in [2.24, 2.45) is 0 Å². The minimum atomic E-state index is -1.68. The summed E-state index contributed by atoms with van der Waals surface area (Å²) >= 11 is 0. The highest BCUT2D eigenvalue weighted by atomic mass is 16.7. The number of carbonyl (C=O) groups is 4. The van der Waals surface area contributed by atoms with Crippen LogP contribution in [-0.4, -0.2) is 66.3 Å². The maximum absolute atomic E-state index is 11.3. The standard InChI is InChI=1S/C14H20O10/c1-6(15)20-5-10-11(21-7(2)16)12(22-8(3)17)13(14(19)24-10)23-9(4)18/h10-14,19H,5H2,1-4H3/t10?,11-,12?,13-,14+/m1/s1. The number of aliphatic hydroxyl groups is 1. The van der Waals surface area contributed by atoms with Gasteiger partial charge >= 0.3 is 23.9 Å². The lowest BCUT2D eigenvalue weighted by molar-refractivity contribution is -0.296. The quantitative estimate of drug-likeness (QED) is 0.490. The first kappa shape index (κ1) is 19.8. The van der Waals surface area contributed by atoms with Crippen molar-refractivity contribution in [3.05, 3.63) is 0 Å². The van der Waals surface area contributed by atoms with Crippen LogP contribution in [0.2, 0.25) is 0 Å². The SMILES string of the molecule is CC(=O)OCC1O[C@H](O)[C@H](OC(C)=O)C(OC(C)=O)[C@@H]1OC(C)=O. The molecule has 0 aromatic carbocycles. The second-order valence-corrected chi connectivity index (χ2v) is 5.09. The molecule has 1 rings (SSSR count). The molecule has 10 nitrogen and oxygen atoms in total. The van der Waals surface area contributed by atoms with E-state index in [0.29, 0.717) is 0 Å². The summed E-state index contributed by atoms with van der Waals surface area (Å²) in [5.74, 6) is -2.87. The van der Waals surface area contributed by atoms with Crippen molar-refractivity contribution in [3.8, 4) is 0 Å². The fraction of sp³-hybridized carbons (Fsp3) is 0.714. The Morgan fingerprint density at radius 3 is 1.71 bits per heavy atom. The lowest BCUT2D eigenvalue weighted by atomic mass is 9.98. The molecule has 0 amide bonds. The van der Waals surface area contributed by atoms with Gasteiger partial charge in [0.1, 0.15) is 12.7 Å². The van der Waals surface area contributed by atoms with Crippen LogP contribution in [0.15, 0.2) is 0 Å². The number of carbonyl (C=O) groups excluding carboxylic acids is 4. The van der Waals surface area contributed by atoms with E-state index in [-0.39, 0.29) is 6.61 Å². The Morgan fingerprint density at radius 2 is 1.25 bits per heavy atom. The van der Waals surface area contributed by atoms with Gasteiger partial charge in [-0.2, -0.15) is 0 Å². The Kier molecular flexibility index (Phi) is 7.11. The van der Waals surface area contributed by atoms with E-state index in [9.17, 15) is 24.3 Å². The van der Waals surface area contributed by atoms with Gasteiger partial charge < -0.3 is 28.8 Å². The van der Waals surface area contributed by atoms with E-state index in [4.69, 9.17) is 23.7 Å². The van der Waals surface area contributed by atoms with Crippen LogP contribution in [0.5, 0.6) is 0 Å². The van der Waals surface area contributed by atoms with E-state index in [2.05, 4.69) is 0 Å². The highest BCUT2D eigenvalue weighted by Gasteiger charge is 2.51. The summed E-state index contributed by atoms with van der Waals surface area (Å²) in [6.07, 6.45) is -6.79. The van der Waals surface area contributed by atoms with Crippen LogP contribution in [0.25, 0.3) is 0 Å². The molecule has 136 valence electrons. The molecule has 5 atom stereocenters. The first-order chi connectivity index (χ1) is 11.1. The third-order valence-corrected chi connectivity index (χ3v) is 2.97. The van der Waals surface area contributed by atoms with Gasteiger partial charge in [-0.05, 0) is 0 Å². The third kappa shape index (κ3) is 5.78. The summed E-state index contributed by atoms with van der Waals surface area (Å²) in [6, 6.07) is 0. The maximum atomic E-state index is 11.3. The minimum Gasteiger partial charge on any atom is -0.463 e. The van der Waals surface area contributed by atoms with Gasteiger partial charge in [-0.25, -0.2) is 0 Å². The molecule has 1 saturated heterocycles. The fourth-order valence-corrected chi connectivity index (χ4v) is 2.21. The minimum absolute atomic E-state index is 0.366. The summed E-state index contributed by atoms with van der Waals surface area (Å²) in [5.41, 5.74) is 0. The van der Waals surface area contributed by atoms with Gasteiger partial charge in [-0.1, -0.05) is 0 Å². The van der Waals surface area contributed by atoms with Gasteiger partial charge in [-0.3, -0.25) is 19.2 Å². The van der Waals surface area contributed by atoms with Crippen molar-refractivity contribution in [3.63, 3.8) is 0 Å². The summed E-state index contributed by atoms with van der Waals surface area (Å²) in [6.45, 7) is 4.09. The smallest absolute Gasteiger partial charge is 0.303 e. The number of hydrogen-bond acceptors (Lipinski definition) is 10. The molecule has 24 heavy (non-hydrogen) atoms.